The lowest BCUT2D eigenvalue weighted by molar-refractivity contribution is -0.147. The molecular weight excluding hydrogens is 228 g/mol. The van der Waals surface area contributed by atoms with Crippen LogP contribution in [0.2, 0.25) is 0 Å². The zero-order chi connectivity index (χ0) is 12.9. The lowest BCUT2D eigenvalue weighted by atomic mass is 10.1. The van der Waals surface area contributed by atoms with Gasteiger partial charge < -0.3 is 19.7 Å². The highest BCUT2D eigenvalue weighted by Gasteiger charge is 2.00. The Labute approximate surface area is 101 Å². The zero-order valence-corrected chi connectivity index (χ0v) is 9.89. The molecular formula is C11H20O6. The van der Waals surface area contributed by atoms with Crippen molar-refractivity contribution < 1.29 is 29.3 Å². The van der Waals surface area contributed by atoms with Crippen molar-refractivity contribution in [2.75, 3.05) is 26.4 Å². The minimum absolute atomic E-state index is 0.332. The quantitative estimate of drug-likeness (QED) is 0.418. The zero-order valence-electron chi connectivity index (χ0n) is 9.89. The van der Waals surface area contributed by atoms with E-state index in [-0.39, 0.29) is 0 Å². The molecule has 0 rings (SSSR count). The molecule has 100 valence electrons. The molecule has 0 aliphatic heterocycles. The molecule has 0 heterocycles. The second kappa shape index (κ2) is 11.3. The summed E-state index contributed by atoms with van der Waals surface area (Å²) in [7, 11) is 0. The van der Waals surface area contributed by atoms with Crippen LogP contribution in [0.5, 0.6) is 0 Å². The van der Waals surface area contributed by atoms with E-state index in [2.05, 4.69) is 9.47 Å². The highest BCUT2D eigenvalue weighted by molar-refractivity contribution is 5.70. The highest BCUT2D eigenvalue weighted by atomic mass is 16.5. The van der Waals surface area contributed by atoms with Crippen LogP contribution >= 0.6 is 0 Å². The van der Waals surface area contributed by atoms with Crippen LogP contribution in [0.15, 0.2) is 0 Å². The molecule has 0 spiro atoms. The molecule has 0 aromatic rings. The molecule has 17 heavy (non-hydrogen) atoms. The molecule has 0 unspecified atom stereocenters. The van der Waals surface area contributed by atoms with E-state index in [0.29, 0.717) is 13.2 Å². The number of ether oxygens (including phenoxy) is 2. The fourth-order valence-electron chi connectivity index (χ4n) is 1.20. The number of hydrogen-bond acceptors (Lipinski definition) is 6. The van der Waals surface area contributed by atoms with Gasteiger partial charge in [-0.05, 0) is 12.8 Å². The van der Waals surface area contributed by atoms with E-state index in [0.717, 1.165) is 32.1 Å². The second-order valence-electron chi connectivity index (χ2n) is 3.52. The standard InChI is InChI=1S/C11H20O6/c12-8-10(14)16-6-4-2-1-3-5-7-17-11(15)9-13/h12-13H,1-9H2. The fraction of sp³-hybridized carbons (Fsp3) is 0.818. The summed E-state index contributed by atoms with van der Waals surface area (Å²) in [4.78, 5) is 21.1. The van der Waals surface area contributed by atoms with Gasteiger partial charge in [0.2, 0.25) is 0 Å². The molecule has 6 heteroatoms. The molecule has 0 radical (unpaired) electrons. The van der Waals surface area contributed by atoms with Gasteiger partial charge in [0.1, 0.15) is 13.2 Å². The predicted octanol–water partition coefficient (Wildman–Crippen LogP) is 0.00790. The van der Waals surface area contributed by atoms with E-state index in [4.69, 9.17) is 10.2 Å². The summed E-state index contributed by atoms with van der Waals surface area (Å²) in [6.45, 7) is -0.482. The largest absolute Gasteiger partial charge is 0.464 e. The first-order chi connectivity index (χ1) is 8.20. The van der Waals surface area contributed by atoms with Gasteiger partial charge in [-0.15, -0.1) is 0 Å². The molecule has 0 aromatic carbocycles. The van der Waals surface area contributed by atoms with Crippen molar-refractivity contribution in [2.24, 2.45) is 0 Å². The average molecular weight is 248 g/mol. The molecule has 2 N–H and O–H groups in total. The van der Waals surface area contributed by atoms with Crippen molar-refractivity contribution >= 4 is 11.9 Å². The van der Waals surface area contributed by atoms with Gasteiger partial charge in [-0.2, -0.15) is 0 Å². The number of carbonyl (C=O) groups is 2. The predicted molar refractivity (Wildman–Crippen MR) is 59.2 cm³/mol. The number of carbonyl (C=O) groups excluding carboxylic acids is 2. The Morgan fingerprint density at radius 3 is 1.41 bits per heavy atom. The van der Waals surface area contributed by atoms with Crippen LogP contribution in [0.3, 0.4) is 0 Å². The highest BCUT2D eigenvalue weighted by Crippen LogP contribution is 2.03. The molecule has 0 saturated heterocycles. The third-order valence-electron chi connectivity index (χ3n) is 2.07. The number of hydrogen-bond donors (Lipinski definition) is 2. The van der Waals surface area contributed by atoms with Gasteiger partial charge in [-0.3, -0.25) is 0 Å². The van der Waals surface area contributed by atoms with E-state index in [1.165, 1.54) is 0 Å². The van der Waals surface area contributed by atoms with Crippen LogP contribution in [0.25, 0.3) is 0 Å². The van der Waals surface area contributed by atoms with Gasteiger partial charge >= 0.3 is 11.9 Å². The van der Waals surface area contributed by atoms with Crippen molar-refractivity contribution in [1.82, 2.24) is 0 Å². The summed E-state index contributed by atoms with van der Waals surface area (Å²) in [6.07, 6.45) is 4.34. The average Bonchev–Trinajstić information content (AvgIpc) is 2.35. The smallest absolute Gasteiger partial charge is 0.331 e. The van der Waals surface area contributed by atoms with Crippen LogP contribution in [0.4, 0.5) is 0 Å². The molecule has 0 saturated carbocycles. The molecule has 0 atom stereocenters. The van der Waals surface area contributed by atoms with E-state index >= 15 is 0 Å². The number of aliphatic hydroxyl groups is 2. The molecule has 0 bridgehead atoms. The van der Waals surface area contributed by atoms with Gasteiger partial charge in [0.25, 0.3) is 0 Å². The third kappa shape index (κ3) is 11.1. The Hall–Kier alpha value is -1.14. The Balaban J connectivity index is 3.08. The molecule has 0 amide bonds. The molecule has 0 aliphatic carbocycles. The lowest BCUT2D eigenvalue weighted by Gasteiger charge is -2.04. The Morgan fingerprint density at radius 2 is 1.06 bits per heavy atom. The Morgan fingerprint density at radius 1 is 0.706 bits per heavy atom. The monoisotopic (exact) mass is 248 g/mol. The maximum Gasteiger partial charge on any atom is 0.331 e. The molecule has 0 aliphatic rings. The topological polar surface area (TPSA) is 93.1 Å². The normalized spacial score (nSPS) is 10.0. The van der Waals surface area contributed by atoms with Crippen molar-refractivity contribution in [3.05, 3.63) is 0 Å². The number of rotatable bonds is 10. The summed E-state index contributed by atoms with van der Waals surface area (Å²) < 4.78 is 9.36. The van der Waals surface area contributed by atoms with Gasteiger partial charge in [0.15, 0.2) is 0 Å². The first-order valence-electron chi connectivity index (χ1n) is 5.73. The molecule has 0 aromatic heterocycles. The first kappa shape index (κ1) is 15.9. The minimum atomic E-state index is -0.596. The van der Waals surface area contributed by atoms with Crippen molar-refractivity contribution in [2.45, 2.75) is 32.1 Å². The SMILES string of the molecule is O=C(CO)OCCCCCCCOC(=O)CO. The summed E-state index contributed by atoms with van der Waals surface area (Å²) in [6, 6.07) is 0. The van der Waals surface area contributed by atoms with Gasteiger partial charge in [-0.1, -0.05) is 19.3 Å². The maximum absolute atomic E-state index is 10.5. The van der Waals surface area contributed by atoms with Gasteiger partial charge in [0.05, 0.1) is 13.2 Å². The van der Waals surface area contributed by atoms with E-state index in [1.54, 1.807) is 0 Å². The van der Waals surface area contributed by atoms with E-state index in [9.17, 15) is 9.59 Å². The fourth-order valence-corrected chi connectivity index (χ4v) is 1.20. The molecule has 6 nitrogen and oxygen atoms in total. The maximum atomic E-state index is 10.5. The van der Waals surface area contributed by atoms with Crippen LogP contribution in [0.1, 0.15) is 32.1 Å². The van der Waals surface area contributed by atoms with Crippen molar-refractivity contribution in [3.8, 4) is 0 Å². The Kier molecular flexibility index (Phi) is 10.6. The van der Waals surface area contributed by atoms with Gasteiger partial charge in [-0.25, -0.2) is 9.59 Å². The second-order valence-corrected chi connectivity index (χ2v) is 3.52. The first-order valence-corrected chi connectivity index (χ1v) is 5.73. The number of esters is 2. The summed E-state index contributed by atoms with van der Waals surface area (Å²) in [5, 5.41) is 16.7. The summed E-state index contributed by atoms with van der Waals surface area (Å²) >= 11 is 0. The van der Waals surface area contributed by atoms with Crippen LogP contribution < -0.4 is 0 Å². The lowest BCUT2D eigenvalue weighted by Crippen LogP contribution is -2.10. The third-order valence-corrected chi connectivity index (χ3v) is 2.07. The van der Waals surface area contributed by atoms with E-state index in [1.807, 2.05) is 0 Å². The summed E-state index contributed by atoms with van der Waals surface area (Å²) in [5.41, 5.74) is 0. The minimum Gasteiger partial charge on any atom is -0.464 e. The number of unbranched alkanes of at least 4 members (excludes halogenated alkanes) is 4. The van der Waals surface area contributed by atoms with Crippen LogP contribution in [-0.4, -0.2) is 48.6 Å². The van der Waals surface area contributed by atoms with Crippen LogP contribution in [0, 0.1) is 0 Å². The van der Waals surface area contributed by atoms with E-state index < -0.39 is 25.2 Å². The van der Waals surface area contributed by atoms with Gasteiger partial charge in [0, 0.05) is 0 Å². The van der Waals surface area contributed by atoms with Crippen molar-refractivity contribution in [1.29, 1.82) is 0 Å². The van der Waals surface area contributed by atoms with Crippen molar-refractivity contribution in [3.63, 3.8) is 0 Å². The summed E-state index contributed by atoms with van der Waals surface area (Å²) in [5.74, 6) is -1.19. The Bertz CT molecular complexity index is 194. The number of aliphatic hydroxyl groups excluding tert-OH is 2. The van der Waals surface area contributed by atoms with Crippen LogP contribution in [-0.2, 0) is 19.1 Å². The molecule has 0 fully saturated rings.